The average Bonchev–Trinajstić information content (AvgIpc) is 2.69. The van der Waals surface area contributed by atoms with Gasteiger partial charge in [-0.05, 0) is 38.7 Å². The van der Waals surface area contributed by atoms with Crippen molar-refractivity contribution in [3.05, 3.63) is 91.0 Å². The third kappa shape index (κ3) is 13.7. The van der Waals surface area contributed by atoms with Gasteiger partial charge in [-0.1, -0.05) is 91.0 Å². The molecule has 0 radical (unpaired) electrons. The summed E-state index contributed by atoms with van der Waals surface area (Å²) < 4.78 is 30.9. The van der Waals surface area contributed by atoms with Gasteiger partial charge in [0.05, 0.1) is 0 Å². The maximum Gasteiger partial charge on any atom is 3.00 e. The molecule has 14 heteroatoms. The molecule has 3 aromatic rings. The van der Waals surface area contributed by atoms with Gasteiger partial charge in [-0.15, -0.1) is 0 Å². The van der Waals surface area contributed by atoms with Crippen LogP contribution in [-0.4, -0.2) is 34.7 Å². The second-order valence-corrected chi connectivity index (χ2v) is 10.0. The van der Waals surface area contributed by atoms with Gasteiger partial charge < -0.3 is 43.1 Å². The molecule has 0 saturated carbocycles. The molecule has 3 rings (SSSR count). The van der Waals surface area contributed by atoms with E-state index in [-0.39, 0.29) is 50.6 Å². The number of hydrogen-bond donors (Lipinski definition) is 0. The molecule has 9 nitrogen and oxygen atoms in total. The van der Waals surface area contributed by atoms with Crippen LogP contribution in [0.25, 0.3) is 0 Å². The average molecular weight is 522 g/mol. The molecule has 0 amide bonds. The Hall–Kier alpha value is -0.825. The van der Waals surface area contributed by atoms with Gasteiger partial charge in [-0.2, -0.15) is 0 Å². The van der Waals surface area contributed by atoms with Crippen molar-refractivity contribution in [2.75, 3.05) is 0 Å². The van der Waals surface area contributed by atoms with E-state index < -0.39 is 22.8 Å². The molecule has 162 valence electrons. The van der Waals surface area contributed by atoms with Crippen LogP contribution in [-0.2, 0) is 13.7 Å². The molecule has 0 unspecified atom stereocenters. The zero-order valence-corrected chi connectivity index (χ0v) is 21.3. The molecule has 0 aliphatic rings. The van der Waals surface area contributed by atoms with Crippen LogP contribution < -0.4 is 45.3 Å². The zero-order valence-electron chi connectivity index (χ0n) is 16.3. The quantitative estimate of drug-likeness (QED) is 0.254. The van der Waals surface area contributed by atoms with E-state index in [4.69, 9.17) is 0 Å². The Balaban J connectivity index is 0. The van der Waals surface area contributed by atoms with Crippen molar-refractivity contribution in [2.45, 2.75) is 0 Å². The Morgan fingerprint density at radius 1 is 0.375 bits per heavy atom. The molecule has 0 saturated heterocycles. The molecule has 0 fully saturated rings. The summed E-state index contributed by atoms with van der Waals surface area (Å²) in [5.74, 6) is 0. The van der Waals surface area contributed by atoms with Crippen LogP contribution in [0.2, 0.25) is 0 Å². The summed E-state index contributed by atoms with van der Waals surface area (Å²) in [6.45, 7) is 0. The minimum absolute atomic E-state index is 0. The van der Waals surface area contributed by atoms with Crippen LogP contribution in [0.4, 0.5) is 0 Å². The molecule has 0 bridgehead atoms. The van der Waals surface area contributed by atoms with Gasteiger partial charge in [0.15, 0.2) is 0 Å². The minimum Gasteiger partial charge on any atom is -0.807 e. The van der Waals surface area contributed by atoms with Gasteiger partial charge in [0.25, 0.3) is 0 Å². The van der Waals surface area contributed by atoms with Crippen molar-refractivity contribution >= 4 is 73.4 Å². The van der Waals surface area contributed by atoms with Gasteiger partial charge in [-0.25, -0.2) is 0 Å². The van der Waals surface area contributed by atoms with E-state index in [1.54, 1.807) is 18.2 Å². The molecule has 32 heavy (non-hydrogen) atoms. The molecule has 0 heterocycles. The Morgan fingerprint density at radius 2 is 0.531 bits per heavy atom. The van der Waals surface area contributed by atoms with Crippen molar-refractivity contribution in [3.8, 4) is 0 Å². The van der Waals surface area contributed by atoms with Crippen LogP contribution in [0.1, 0.15) is 0 Å². The third-order valence-corrected chi connectivity index (χ3v) is 6.01. The molecule has 0 aromatic heterocycles. The van der Waals surface area contributed by atoms with E-state index in [2.05, 4.69) is 0 Å². The van der Waals surface area contributed by atoms with Gasteiger partial charge in [0.1, 0.15) is 0 Å². The molecule has 0 spiro atoms. The predicted octanol–water partition coefficient (Wildman–Crippen LogP) is -3.08. The first-order chi connectivity index (χ1) is 13.8. The Kier molecular flexibility index (Phi) is 15.8. The Morgan fingerprint density at radius 3 is 0.625 bits per heavy atom. The van der Waals surface area contributed by atoms with Crippen molar-refractivity contribution in [3.63, 3.8) is 0 Å². The summed E-state index contributed by atoms with van der Waals surface area (Å²) in [6.07, 6.45) is 0. The molecule has 0 aliphatic heterocycles. The number of rotatable bonds is 3. The van der Waals surface area contributed by atoms with Crippen molar-refractivity contribution < 1.29 is 43.1 Å². The molecular formula is C18H15Al2O9P3. The molecule has 0 N–H and O–H groups in total. The first kappa shape index (κ1) is 33.3. The maximum atomic E-state index is 10.3. The summed E-state index contributed by atoms with van der Waals surface area (Å²) in [5, 5.41) is -0.472. The van der Waals surface area contributed by atoms with Crippen molar-refractivity contribution in [2.24, 2.45) is 0 Å². The van der Waals surface area contributed by atoms with Crippen LogP contribution in [0.5, 0.6) is 0 Å². The minimum atomic E-state index is -4.52. The SMILES string of the molecule is O=P([O-])([O-])c1ccccc1.O=P([O-])([O-])c1ccccc1.O=P([O-])([O-])c1ccccc1.[Al+3].[Al+3]. The molecule has 0 atom stereocenters. The maximum absolute atomic E-state index is 10.3. The largest absolute Gasteiger partial charge is 3.00 e. The fraction of sp³-hybridized carbons (Fsp3) is 0. The summed E-state index contributed by atoms with van der Waals surface area (Å²) in [6, 6.07) is 21.7. The van der Waals surface area contributed by atoms with Crippen LogP contribution >= 0.6 is 22.8 Å². The van der Waals surface area contributed by atoms with E-state index in [1.165, 1.54) is 72.8 Å². The Bertz CT molecular complexity index is 900. The van der Waals surface area contributed by atoms with Gasteiger partial charge in [0.2, 0.25) is 0 Å². The summed E-state index contributed by atoms with van der Waals surface area (Å²) >= 11 is 0. The topological polar surface area (TPSA) is 190 Å². The first-order valence-electron chi connectivity index (χ1n) is 8.05. The van der Waals surface area contributed by atoms with Gasteiger partial charge >= 0.3 is 34.7 Å². The van der Waals surface area contributed by atoms with E-state index in [1.807, 2.05) is 0 Å². The predicted molar refractivity (Wildman–Crippen MR) is 113 cm³/mol. The number of hydrogen-bond acceptors (Lipinski definition) is 9. The normalized spacial score (nSPS) is 10.7. The standard InChI is InChI=1S/3C6H7O3P.2Al/c3*7-10(8,9)6-4-2-1-3-5-6;;/h3*1-5H,(H2,7,8,9);;/q;;;2*+3/p-6. The smallest absolute Gasteiger partial charge is 0.807 e. The molecule has 0 aliphatic carbocycles. The zero-order chi connectivity index (χ0) is 22.8. The molecule has 3 aromatic carbocycles. The monoisotopic (exact) mass is 522 g/mol. The third-order valence-electron chi connectivity index (χ3n) is 3.22. The fourth-order valence-electron chi connectivity index (χ4n) is 1.83. The van der Waals surface area contributed by atoms with Crippen LogP contribution in [0.3, 0.4) is 0 Å². The van der Waals surface area contributed by atoms with E-state index in [9.17, 15) is 43.1 Å². The van der Waals surface area contributed by atoms with Gasteiger partial charge in [0, 0.05) is 0 Å². The van der Waals surface area contributed by atoms with E-state index >= 15 is 0 Å². The summed E-state index contributed by atoms with van der Waals surface area (Å²) in [5.41, 5.74) is 0. The van der Waals surface area contributed by atoms with Crippen molar-refractivity contribution in [1.29, 1.82) is 0 Å². The first-order valence-corrected chi connectivity index (χ1v) is 12.7. The van der Waals surface area contributed by atoms with Gasteiger partial charge in [-0.3, -0.25) is 0 Å². The number of benzene rings is 3. The Labute approximate surface area is 206 Å². The second kappa shape index (κ2) is 15.1. The van der Waals surface area contributed by atoms with E-state index in [0.717, 1.165) is 0 Å². The molecular weight excluding hydrogens is 507 g/mol. The van der Waals surface area contributed by atoms with Crippen molar-refractivity contribution in [1.82, 2.24) is 0 Å². The summed E-state index contributed by atoms with van der Waals surface area (Å²) in [4.78, 5) is 61.8. The second-order valence-electron chi connectivity index (χ2n) is 5.50. The van der Waals surface area contributed by atoms with Crippen LogP contribution in [0.15, 0.2) is 91.0 Å². The van der Waals surface area contributed by atoms with E-state index in [0.29, 0.717) is 0 Å². The van der Waals surface area contributed by atoms with Crippen LogP contribution in [0, 0.1) is 0 Å². The fourth-order valence-corrected chi connectivity index (χ4v) is 3.44. The summed E-state index contributed by atoms with van der Waals surface area (Å²) in [7, 11) is -13.6.